The maximum Gasteiger partial charge on any atom is 0.272 e. The van der Waals surface area contributed by atoms with E-state index in [2.05, 4.69) is 90.6 Å². The zero-order chi connectivity index (χ0) is 27.9. The van der Waals surface area contributed by atoms with Crippen LogP contribution in [0.15, 0.2) is 110 Å². The Hall–Kier alpha value is -5.11. The summed E-state index contributed by atoms with van der Waals surface area (Å²) in [6.45, 7) is 0.696. The predicted molar refractivity (Wildman–Crippen MR) is 158 cm³/mol. The van der Waals surface area contributed by atoms with E-state index < -0.39 is 6.04 Å². The van der Waals surface area contributed by atoms with Gasteiger partial charge in [0.15, 0.2) is 5.82 Å². The van der Waals surface area contributed by atoms with E-state index in [0.717, 1.165) is 47.4 Å². The molecule has 0 spiro atoms. The van der Waals surface area contributed by atoms with Gasteiger partial charge in [0.1, 0.15) is 11.5 Å². The molecule has 0 bridgehead atoms. The van der Waals surface area contributed by atoms with Crippen LogP contribution in [0.2, 0.25) is 0 Å². The van der Waals surface area contributed by atoms with E-state index in [4.69, 9.17) is 5.10 Å². The highest BCUT2D eigenvalue weighted by Crippen LogP contribution is 2.25. The van der Waals surface area contributed by atoms with Gasteiger partial charge in [0.05, 0.1) is 12.2 Å². The Morgan fingerprint density at radius 3 is 2.32 bits per heavy atom. The first-order chi connectivity index (χ1) is 20.2. The Labute approximate surface area is 238 Å². The highest BCUT2D eigenvalue weighted by atomic mass is 16.2. The average molecular weight is 542 g/mol. The first-order valence-corrected chi connectivity index (χ1v) is 13.9. The van der Waals surface area contributed by atoms with E-state index in [9.17, 15) is 4.79 Å². The van der Waals surface area contributed by atoms with Gasteiger partial charge in [-0.2, -0.15) is 0 Å². The quantitative estimate of drug-likeness (QED) is 0.232. The third-order valence-electron chi connectivity index (χ3n) is 7.31. The Morgan fingerprint density at radius 1 is 0.829 bits per heavy atom. The highest BCUT2D eigenvalue weighted by Gasteiger charge is 2.25. The second-order valence-electron chi connectivity index (χ2n) is 10.0. The molecular weight excluding hydrogens is 510 g/mol. The standard InChI is InChI=1S/C33H31N7O/c41-33(30-23-34-18-19-35-30)37-29(21-26-22-36-28-14-8-7-13-27(26)28)32-39-38-31(16-15-24-9-3-1-4-10-24)40(32)20-17-25-11-5-2-6-12-25/h1-14,18-19,22-23,29,36H,15-17,20-21H2,(H,37,41). The Bertz CT molecular complexity index is 1710. The zero-order valence-corrected chi connectivity index (χ0v) is 22.6. The van der Waals surface area contributed by atoms with E-state index >= 15 is 0 Å². The Balaban J connectivity index is 1.35. The zero-order valence-electron chi connectivity index (χ0n) is 22.6. The van der Waals surface area contributed by atoms with Crippen LogP contribution in [-0.4, -0.2) is 35.6 Å². The van der Waals surface area contributed by atoms with Gasteiger partial charge in [-0.1, -0.05) is 78.9 Å². The van der Waals surface area contributed by atoms with E-state index in [0.29, 0.717) is 13.0 Å². The van der Waals surface area contributed by atoms with Gasteiger partial charge in [-0.25, -0.2) is 4.98 Å². The number of hydrogen-bond donors (Lipinski definition) is 2. The maximum atomic E-state index is 13.3. The largest absolute Gasteiger partial charge is 0.361 e. The number of carbonyl (C=O) groups is 1. The summed E-state index contributed by atoms with van der Waals surface area (Å²) in [4.78, 5) is 25.0. The Kier molecular flexibility index (Phi) is 7.89. The van der Waals surface area contributed by atoms with Crippen molar-refractivity contribution in [1.82, 2.24) is 35.0 Å². The topological polar surface area (TPSA) is 101 Å². The molecule has 3 aromatic carbocycles. The molecule has 41 heavy (non-hydrogen) atoms. The fourth-order valence-corrected chi connectivity index (χ4v) is 5.20. The molecule has 0 saturated heterocycles. The van der Waals surface area contributed by atoms with E-state index in [1.54, 1.807) is 6.20 Å². The van der Waals surface area contributed by atoms with Crippen LogP contribution in [0, 0.1) is 0 Å². The molecule has 0 fully saturated rings. The van der Waals surface area contributed by atoms with Gasteiger partial charge in [0.2, 0.25) is 0 Å². The second-order valence-corrected chi connectivity index (χ2v) is 10.0. The normalized spacial score (nSPS) is 11.9. The van der Waals surface area contributed by atoms with Gasteiger partial charge in [0.25, 0.3) is 5.91 Å². The van der Waals surface area contributed by atoms with Crippen LogP contribution in [-0.2, 0) is 32.2 Å². The number of carbonyl (C=O) groups excluding carboxylic acids is 1. The van der Waals surface area contributed by atoms with Gasteiger partial charge in [0, 0.05) is 48.9 Å². The van der Waals surface area contributed by atoms with E-state index in [-0.39, 0.29) is 11.6 Å². The number of fused-ring (bicyclic) bond motifs is 1. The van der Waals surface area contributed by atoms with E-state index in [1.807, 2.05) is 30.5 Å². The number of rotatable bonds is 11. The second kappa shape index (κ2) is 12.4. The molecule has 6 rings (SSSR count). The SMILES string of the molecule is O=C(NC(Cc1c[nH]c2ccccc12)c1nnc(CCc2ccccc2)n1CCc1ccccc1)c1cnccn1. The number of aryl methyl sites for hydroxylation is 3. The molecule has 8 nitrogen and oxygen atoms in total. The van der Waals surface area contributed by atoms with Crippen molar-refractivity contribution in [3.05, 3.63) is 144 Å². The average Bonchev–Trinajstić information content (AvgIpc) is 3.64. The number of H-pyrrole nitrogens is 1. The summed E-state index contributed by atoms with van der Waals surface area (Å²) in [5, 5.41) is 13.7. The third kappa shape index (κ3) is 6.22. The third-order valence-corrected chi connectivity index (χ3v) is 7.31. The molecule has 1 atom stereocenters. The van der Waals surface area contributed by atoms with Crippen LogP contribution in [0.1, 0.15) is 44.9 Å². The predicted octanol–water partition coefficient (Wildman–Crippen LogP) is 5.29. The first kappa shape index (κ1) is 26.1. The van der Waals surface area contributed by atoms with Crippen LogP contribution in [0.25, 0.3) is 10.9 Å². The van der Waals surface area contributed by atoms with Gasteiger partial charge >= 0.3 is 0 Å². The first-order valence-electron chi connectivity index (χ1n) is 13.9. The molecule has 1 unspecified atom stereocenters. The molecule has 0 aliphatic heterocycles. The van der Waals surface area contributed by atoms with Gasteiger partial charge in [-0.15, -0.1) is 10.2 Å². The molecule has 6 aromatic rings. The number of aromatic amines is 1. The fraction of sp³-hybridized carbons (Fsp3) is 0.182. The molecule has 1 amide bonds. The fourth-order valence-electron chi connectivity index (χ4n) is 5.20. The van der Waals surface area contributed by atoms with Crippen molar-refractivity contribution in [2.45, 2.75) is 38.3 Å². The number of aromatic nitrogens is 6. The Morgan fingerprint density at radius 2 is 1.56 bits per heavy atom. The lowest BCUT2D eigenvalue weighted by Gasteiger charge is -2.20. The molecule has 0 radical (unpaired) electrons. The molecule has 8 heteroatoms. The number of benzene rings is 3. The van der Waals surface area contributed by atoms with Crippen LogP contribution < -0.4 is 5.32 Å². The van der Waals surface area contributed by atoms with Crippen LogP contribution in [0.5, 0.6) is 0 Å². The number of nitrogens with one attached hydrogen (secondary N) is 2. The number of para-hydroxylation sites is 1. The molecular formula is C33H31N7O. The molecule has 0 aliphatic rings. The lowest BCUT2D eigenvalue weighted by molar-refractivity contribution is 0.0928. The summed E-state index contributed by atoms with van der Waals surface area (Å²) in [7, 11) is 0. The molecule has 3 heterocycles. The summed E-state index contributed by atoms with van der Waals surface area (Å²) in [5.41, 5.74) is 4.89. The molecule has 3 aromatic heterocycles. The molecule has 2 N–H and O–H groups in total. The number of hydrogen-bond acceptors (Lipinski definition) is 5. The number of nitrogens with zero attached hydrogens (tertiary/aromatic N) is 5. The summed E-state index contributed by atoms with van der Waals surface area (Å²) >= 11 is 0. The summed E-state index contributed by atoms with van der Waals surface area (Å²) in [6.07, 6.45) is 9.51. The van der Waals surface area contributed by atoms with Crippen molar-refractivity contribution in [2.24, 2.45) is 0 Å². The van der Waals surface area contributed by atoms with Gasteiger partial charge in [-0.05, 0) is 35.6 Å². The molecule has 204 valence electrons. The van der Waals surface area contributed by atoms with Crippen molar-refractivity contribution < 1.29 is 4.79 Å². The lowest BCUT2D eigenvalue weighted by Crippen LogP contribution is -2.33. The minimum absolute atomic E-state index is 0.260. The van der Waals surface area contributed by atoms with Crippen molar-refractivity contribution in [1.29, 1.82) is 0 Å². The number of amides is 1. The summed E-state index contributed by atoms with van der Waals surface area (Å²) in [6, 6.07) is 28.5. The summed E-state index contributed by atoms with van der Waals surface area (Å²) < 4.78 is 2.19. The van der Waals surface area contributed by atoms with Crippen LogP contribution in [0.4, 0.5) is 0 Å². The van der Waals surface area contributed by atoms with Gasteiger partial charge < -0.3 is 14.9 Å². The minimum atomic E-state index is -0.433. The maximum absolute atomic E-state index is 13.3. The minimum Gasteiger partial charge on any atom is -0.361 e. The van der Waals surface area contributed by atoms with Crippen LogP contribution >= 0.6 is 0 Å². The highest BCUT2D eigenvalue weighted by molar-refractivity contribution is 5.92. The van der Waals surface area contributed by atoms with Crippen molar-refractivity contribution >= 4 is 16.8 Å². The van der Waals surface area contributed by atoms with E-state index in [1.165, 1.54) is 23.5 Å². The lowest BCUT2D eigenvalue weighted by atomic mass is 10.0. The monoisotopic (exact) mass is 541 g/mol. The smallest absolute Gasteiger partial charge is 0.272 e. The van der Waals surface area contributed by atoms with Crippen molar-refractivity contribution in [3.63, 3.8) is 0 Å². The molecule has 0 saturated carbocycles. The van der Waals surface area contributed by atoms with Gasteiger partial charge in [-0.3, -0.25) is 9.78 Å². The molecule has 0 aliphatic carbocycles. The summed E-state index contributed by atoms with van der Waals surface area (Å²) in [5.74, 6) is 1.33. The van der Waals surface area contributed by atoms with Crippen molar-refractivity contribution in [3.8, 4) is 0 Å². The van der Waals surface area contributed by atoms with Crippen molar-refractivity contribution in [2.75, 3.05) is 0 Å². The van der Waals surface area contributed by atoms with Crippen LogP contribution in [0.3, 0.4) is 0 Å².